The summed E-state index contributed by atoms with van der Waals surface area (Å²) in [5.74, 6) is 0.686. The highest BCUT2D eigenvalue weighted by atomic mass is 32.2. The van der Waals surface area contributed by atoms with Gasteiger partial charge in [0.2, 0.25) is 0 Å². The van der Waals surface area contributed by atoms with E-state index in [1.165, 1.54) is 19.2 Å². The highest BCUT2D eigenvalue weighted by molar-refractivity contribution is 7.99. The molecular formula is C16H14N2O4S. The van der Waals surface area contributed by atoms with Crippen molar-refractivity contribution in [1.82, 2.24) is 0 Å². The maximum atomic E-state index is 12.8. The molecule has 0 N–H and O–H groups in total. The molecule has 2 aromatic rings. The van der Waals surface area contributed by atoms with E-state index in [0.29, 0.717) is 6.54 Å². The van der Waals surface area contributed by atoms with Crippen molar-refractivity contribution in [2.75, 3.05) is 24.3 Å². The van der Waals surface area contributed by atoms with E-state index < -0.39 is 4.92 Å². The third-order valence-corrected chi connectivity index (χ3v) is 4.64. The molecule has 0 saturated carbocycles. The molecule has 23 heavy (non-hydrogen) atoms. The highest BCUT2D eigenvalue weighted by Gasteiger charge is 2.26. The quantitative estimate of drug-likeness (QED) is 0.637. The molecule has 118 valence electrons. The summed E-state index contributed by atoms with van der Waals surface area (Å²) in [6.07, 6.45) is 0. The molecule has 0 aromatic heterocycles. The number of nitro groups is 1. The number of fused-ring (bicyclic) bond motifs is 1. The van der Waals surface area contributed by atoms with Crippen molar-refractivity contribution in [2.45, 2.75) is 4.90 Å². The van der Waals surface area contributed by atoms with Crippen LogP contribution in [0.15, 0.2) is 47.4 Å². The van der Waals surface area contributed by atoms with E-state index in [0.717, 1.165) is 16.3 Å². The summed E-state index contributed by atoms with van der Waals surface area (Å²) >= 11 is 1.70. The van der Waals surface area contributed by atoms with Crippen LogP contribution in [0.1, 0.15) is 10.4 Å². The Bertz CT molecular complexity index is 778. The van der Waals surface area contributed by atoms with E-state index in [4.69, 9.17) is 4.74 Å². The summed E-state index contributed by atoms with van der Waals surface area (Å²) in [7, 11) is 1.36. The van der Waals surface area contributed by atoms with Crippen molar-refractivity contribution in [3.05, 3.63) is 58.1 Å². The van der Waals surface area contributed by atoms with Crippen LogP contribution in [0.5, 0.6) is 5.75 Å². The Morgan fingerprint density at radius 2 is 2.09 bits per heavy atom. The van der Waals surface area contributed by atoms with Crippen LogP contribution in [0.3, 0.4) is 0 Å². The van der Waals surface area contributed by atoms with Crippen molar-refractivity contribution in [3.63, 3.8) is 0 Å². The molecule has 7 heteroatoms. The minimum absolute atomic E-state index is 0.140. The van der Waals surface area contributed by atoms with Crippen LogP contribution in [0.2, 0.25) is 0 Å². The molecule has 3 rings (SSSR count). The van der Waals surface area contributed by atoms with Gasteiger partial charge in [-0.05, 0) is 24.3 Å². The van der Waals surface area contributed by atoms with E-state index in [-0.39, 0.29) is 22.9 Å². The largest absolute Gasteiger partial charge is 0.490 e. The van der Waals surface area contributed by atoms with Gasteiger partial charge in [0.05, 0.1) is 17.7 Å². The second-order valence-corrected chi connectivity index (χ2v) is 6.05. The number of hydrogen-bond acceptors (Lipinski definition) is 5. The number of para-hydroxylation sites is 1. The first-order valence-electron chi connectivity index (χ1n) is 6.98. The van der Waals surface area contributed by atoms with Crippen LogP contribution in [0.25, 0.3) is 0 Å². The molecule has 0 unspecified atom stereocenters. The van der Waals surface area contributed by atoms with E-state index >= 15 is 0 Å². The number of thioether (sulfide) groups is 1. The second kappa shape index (κ2) is 6.29. The van der Waals surface area contributed by atoms with Crippen molar-refractivity contribution >= 4 is 29.0 Å². The number of hydrogen-bond donors (Lipinski definition) is 0. The van der Waals surface area contributed by atoms with E-state index in [1.807, 2.05) is 24.3 Å². The molecule has 1 aliphatic heterocycles. The van der Waals surface area contributed by atoms with Crippen LogP contribution in [0, 0.1) is 10.1 Å². The third kappa shape index (κ3) is 2.87. The fraction of sp³-hybridized carbons (Fsp3) is 0.188. The predicted molar refractivity (Wildman–Crippen MR) is 88.5 cm³/mol. The number of carbonyl (C=O) groups is 1. The number of nitrogens with zero attached hydrogens (tertiary/aromatic N) is 2. The Kier molecular flexibility index (Phi) is 4.20. The molecule has 2 aromatic carbocycles. The molecular weight excluding hydrogens is 316 g/mol. The first kappa shape index (κ1) is 15.4. The molecule has 0 bridgehead atoms. The molecule has 0 spiro atoms. The number of benzene rings is 2. The maximum Gasteiger partial charge on any atom is 0.311 e. The Hall–Kier alpha value is -2.54. The molecule has 0 radical (unpaired) electrons. The first-order chi connectivity index (χ1) is 11.1. The van der Waals surface area contributed by atoms with Gasteiger partial charge in [-0.2, -0.15) is 0 Å². The van der Waals surface area contributed by atoms with Gasteiger partial charge < -0.3 is 9.64 Å². The number of carbonyl (C=O) groups excluding carboxylic acids is 1. The lowest BCUT2D eigenvalue weighted by atomic mass is 10.1. The number of nitro benzene ring substituents is 1. The zero-order valence-corrected chi connectivity index (χ0v) is 13.2. The zero-order chi connectivity index (χ0) is 16.4. The van der Waals surface area contributed by atoms with Crippen LogP contribution < -0.4 is 9.64 Å². The summed E-state index contributed by atoms with van der Waals surface area (Å²) in [6, 6.07) is 11.9. The standard InChI is InChI=1S/C16H14N2O4S/c1-22-14-7-6-11(10-13(14)18(20)21)16(19)17-8-9-23-15-5-3-2-4-12(15)17/h2-7,10H,8-9H2,1H3. The Morgan fingerprint density at radius 3 is 2.83 bits per heavy atom. The van der Waals surface area contributed by atoms with Gasteiger partial charge in [-0.1, -0.05) is 12.1 Å². The second-order valence-electron chi connectivity index (χ2n) is 4.92. The minimum Gasteiger partial charge on any atom is -0.490 e. The lowest BCUT2D eigenvalue weighted by Gasteiger charge is -2.29. The highest BCUT2D eigenvalue weighted by Crippen LogP contribution is 2.36. The Balaban J connectivity index is 1.99. The van der Waals surface area contributed by atoms with Gasteiger partial charge >= 0.3 is 5.69 Å². The van der Waals surface area contributed by atoms with Crippen molar-refractivity contribution in [1.29, 1.82) is 0 Å². The number of ether oxygens (including phenoxy) is 1. The minimum atomic E-state index is -0.546. The SMILES string of the molecule is COc1ccc(C(=O)N2CCSc3ccccc32)cc1[N+](=O)[O-]. The van der Waals surface area contributed by atoms with Gasteiger partial charge in [0, 0.05) is 28.8 Å². The van der Waals surface area contributed by atoms with Gasteiger partial charge in [0.1, 0.15) is 0 Å². The normalized spacial score (nSPS) is 13.3. The van der Waals surface area contributed by atoms with Crippen LogP contribution in [-0.2, 0) is 0 Å². The molecule has 0 aliphatic carbocycles. The average molecular weight is 330 g/mol. The number of methoxy groups -OCH3 is 1. The summed E-state index contributed by atoms with van der Waals surface area (Å²) in [5.41, 5.74) is 0.907. The monoisotopic (exact) mass is 330 g/mol. The molecule has 0 fully saturated rings. The summed E-state index contributed by atoms with van der Waals surface area (Å²) in [6.45, 7) is 0.570. The number of anilines is 1. The molecule has 1 amide bonds. The molecule has 0 saturated heterocycles. The van der Waals surface area contributed by atoms with E-state index in [9.17, 15) is 14.9 Å². The van der Waals surface area contributed by atoms with Crippen LogP contribution >= 0.6 is 11.8 Å². The van der Waals surface area contributed by atoms with E-state index in [2.05, 4.69) is 0 Å². The predicted octanol–water partition coefficient (Wildman–Crippen LogP) is 3.36. The van der Waals surface area contributed by atoms with Crippen molar-refractivity contribution in [3.8, 4) is 5.75 Å². The van der Waals surface area contributed by atoms with Gasteiger partial charge in [-0.15, -0.1) is 11.8 Å². The lowest BCUT2D eigenvalue weighted by molar-refractivity contribution is -0.385. The number of amides is 1. The third-order valence-electron chi connectivity index (χ3n) is 3.60. The summed E-state index contributed by atoms with van der Waals surface area (Å²) < 4.78 is 4.97. The smallest absolute Gasteiger partial charge is 0.311 e. The van der Waals surface area contributed by atoms with Crippen molar-refractivity contribution < 1.29 is 14.5 Å². The van der Waals surface area contributed by atoms with E-state index in [1.54, 1.807) is 22.7 Å². The first-order valence-corrected chi connectivity index (χ1v) is 7.96. The molecule has 1 heterocycles. The van der Waals surface area contributed by atoms with Crippen molar-refractivity contribution in [2.24, 2.45) is 0 Å². The molecule has 6 nitrogen and oxygen atoms in total. The fourth-order valence-electron chi connectivity index (χ4n) is 2.50. The van der Waals surface area contributed by atoms with Gasteiger partial charge in [-0.3, -0.25) is 14.9 Å². The Labute approximate surface area is 137 Å². The molecule has 0 atom stereocenters. The lowest BCUT2D eigenvalue weighted by Crippen LogP contribution is -2.35. The molecule has 1 aliphatic rings. The topological polar surface area (TPSA) is 72.7 Å². The maximum absolute atomic E-state index is 12.8. The fourth-order valence-corrected chi connectivity index (χ4v) is 3.50. The van der Waals surface area contributed by atoms with Crippen LogP contribution in [-0.4, -0.2) is 30.2 Å². The van der Waals surface area contributed by atoms with Gasteiger partial charge in [0.25, 0.3) is 5.91 Å². The average Bonchev–Trinajstić information content (AvgIpc) is 2.60. The number of rotatable bonds is 3. The summed E-state index contributed by atoms with van der Waals surface area (Å²) in [5, 5.41) is 11.1. The van der Waals surface area contributed by atoms with Crippen LogP contribution in [0.4, 0.5) is 11.4 Å². The zero-order valence-electron chi connectivity index (χ0n) is 12.4. The Morgan fingerprint density at radius 1 is 1.30 bits per heavy atom. The van der Waals surface area contributed by atoms with Gasteiger partial charge in [-0.25, -0.2) is 0 Å². The summed E-state index contributed by atoms with van der Waals surface area (Å²) in [4.78, 5) is 26.1. The van der Waals surface area contributed by atoms with Gasteiger partial charge in [0.15, 0.2) is 5.75 Å².